The molecule has 6 nitrogen and oxygen atoms in total. The number of carbonyl (C=O) groups excluding carboxylic acids is 2. The van der Waals surface area contributed by atoms with Crippen LogP contribution < -0.4 is 5.32 Å². The Morgan fingerprint density at radius 3 is 2.85 bits per heavy atom. The first-order chi connectivity index (χ1) is 13.1. The van der Waals surface area contributed by atoms with Crippen LogP contribution in [0.5, 0.6) is 0 Å². The van der Waals surface area contributed by atoms with Crippen LogP contribution in [0.2, 0.25) is 0 Å². The monoisotopic (exact) mass is 365 g/mol. The van der Waals surface area contributed by atoms with E-state index < -0.39 is 0 Å². The van der Waals surface area contributed by atoms with Gasteiger partial charge in [0.1, 0.15) is 11.3 Å². The largest absolute Gasteiger partial charge is 0.394 e. The second-order valence-corrected chi connectivity index (χ2v) is 6.51. The van der Waals surface area contributed by atoms with Crippen LogP contribution in [0.4, 0.5) is 0 Å². The minimum Gasteiger partial charge on any atom is -0.394 e. The van der Waals surface area contributed by atoms with Crippen LogP contribution in [0.1, 0.15) is 46.2 Å². The number of nitrogens with zero attached hydrogens (tertiary/aromatic N) is 2. The van der Waals surface area contributed by atoms with E-state index in [1.54, 1.807) is 28.8 Å². The number of aromatic nitrogens is 2. The molecule has 0 fully saturated rings. The highest BCUT2D eigenvalue weighted by molar-refractivity contribution is 5.98. The van der Waals surface area contributed by atoms with Crippen molar-refractivity contribution < 1.29 is 14.7 Å². The number of nitrogens with one attached hydrogen (secondary N) is 1. The first-order valence-corrected chi connectivity index (χ1v) is 9.08. The standard InChI is InChI=1S/C21H23N3O3/c1-2-6-17(14-25)23-21(27)16-8-5-7-15(11-16)12-19(26)18-13-22-20-9-3-4-10-24(18)20/h3-5,7-11,13,17,25H,2,6,12,14H2,1H3,(H,23,27)/t17-/m0/s1. The molecular weight excluding hydrogens is 342 g/mol. The highest BCUT2D eigenvalue weighted by atomic mass is 16.3. The molecule has 3 aromatic rings. The van der Waals surface area contributed by atoms with E-state index in [1.807, 2.05) is 37.4 Å². The van der Waals surface area contributed by atoms with Gasteiger partial charge in [-0.05, 0) is 36.2 Å². The molecular formula is C21H23N3O3. The molecule has 2 N–H and O–H groups in total. The number of hydrogen-bond acceptors (Lipinski definition) is 4. The number of carbonyl (C=O) groups is 2. The summed E-state index contributed by atoms with van der Waals surface area (Å²) in [6.45, 7) is 1.91. The molecule has 2 aromatic heterocycles. The van der Waals surface area contributed by atoms with E-state index in [-0.39, 0.29) is 30.8 Å². The van der Waals surface area contributed by atoms with Crippen LogP contribution in [0, 0.1) is 0 Å². The van der Waals surface area contributed by atoms with Crippen molar-refractivity contribution in [3.63, 3.8) is 0 Å². The quantitative estimate of drug-likeness (QED) is 0.601. The highest BCUT2D eigenvalue weighted by Crippen LogP contribution is 2.12. The third kappa shape index (κ3) is 4.41. The molecule has 0 saturated carbocycles. The van der Waals surface area contributed by atoms with Gasteiger partial charge in [0, 0.05) is 18.2 Å². The van der Waals surface area contributed by atoms with Crippen molar-refractivity contribution in [2.75, 3.05) is 6.61 Å². The molecule has 0 saturated heterocycles. The molecule has 0 aliphatic heterocycles. The Hall–Kier alpha value is -2.99. The fourth-order valence-electron chi connectivity index (χ4n) is 3.06. The summed E-state index contributed by atoms with van der Waals surface area (Å²) in [7, 11) is 0. The van der Waals surface area contributed by atoms with Crippen molar-refractivity contribution in [2.45, 2.75) is 32.2 Å². The first-order valence-electron chi connectivity index (χ1n) is 9.08. The summed E-state index contributed by atoms with van der Waals surface area (Å²) in [5, 5.41) is 12.2. The Kier molecular flexibility index (Phi) is 5.98. The van der Waals surface area contributed by atoms with Crippen LogP contribution in [0.15, 0.2) is 54.9 Å². The number of amides is 1. The zero-order valence-corrected chi connectivity index (χ0v) is 15.3. The lowest BCUT2D eigenvalue weighted by Gasteiger charge is -2.15. The van der Waals surface area contributed by atoms with Crippen molar-refractivity contribution in [1.82, 2.24) is 14.7 Å². The predicted octanol–water partition coefficient (Wildman–Crippen LogP) is 2.65. The second kappa shape index (κ2) is 8.60. The minimum atomic E-state index is -0.258. The van der Waals surface area contributed by atoms with Gasteiger partial charge in [-0.2, -0.15) is 0 Å². The average Bonchev–Trinajstić information content (AvgIpc) is 3.12. The number of benzene rings is 1. The summed E-state index contributed by atoms with van der Waals surface area (Å²) in [4.78, 5) is 29.3. The lowest BCUT2D eigenvalue weighted by molar-refractivity contribution is 0.0911. The number of pyridine rings is 1. The van der Waals surface area contributed by atoms with E-state index in [0.717, 1.165) is 17.6 Å². The van der Waals surface area contributed by atoms with E-state index in [1.165, 1.54) is 0 Å². The van der Waals surface area contributed by atoms with Crippen molar-refractivity contribution in [3.8, 4) is 0 Å². The van der Waals surface area contributed by atoms with Crippen molar-refractivity contribution in [2.24, 2.45) is 0 Å². The summed E-state index contributed by atoms with van der Waals surface area (Å²) in [6.07, 6.45) is 5.16. The lowest BCUT2D eigenvalue weighted by atomic mass is 10.0. The van der Waals surface area contributed by atoms with Crippen LogP contribution in [-0.4, -0.2) is 38.8 Å². The topological polar surface area (TPSA) is 83.7 Å². The number of fused-ring (bicyclic) bond motifs is 1. The summed E-state index contributed by atoms with van der Waals surface area (Å²) in [6, 6.07) is 12.3. The van der Waals surface area contributed by atoms with E-state index >= 15 is 0 Å². The molecule has 0 unspecified atom stereocenters. The Balaban J connectivity index is 1.73. The highest BCUT2D eigenvalue weighted by Gasteiger charge is 2.15. The summed E-state index contributed by atoms with van der Waals surface area (Å²) in [5.74, 6) is -0.308. The summed E-state index contributed by atoms with van der Waals surface area (Å²) < 4.78 is 1.76. The van der Waals surface area contributed by atoms with Gasteiger partial charge in [-0.25, -0.2) is 4.98 Å². The predicted molar refractivity (Wildman–Crippen MR) is 103 cm³/mol. The van der Waals surface area contributed by atoms with Gasteiger partial charge in [0.25, 0.3) is 5.91 Å². The maximum Gasteiger partial charge on any atom is 0.251 e. The lowest BCUT2D eigenvalue weighted by Crippen LogP contribution is -2.37. The molecule has 2 heterocycles. The SMILES string of the molecule is CCC[C@@H](CO)NC(=O)c1cccc(CC(=O)c2cnc3ccccn23)c1. The van der Waals surface area contributed by atoms with Crippen molar-refractivity contribution in [1.29, 1.82) is 0 Å². The number of rotatable bonds is 8. The van der Waals surface area contributed by atoms with E-state index in [2.05, 4.69) is 10.3 Å². The normalized spacial score (nSPS) is 12.1. The Bertz CT molecular complexity index is 949. The third-order valence-electron chi connectivity index (χ3n) is 4.45. The molecule has 0 spiro atoms. The number of aliphatic hydroxyl groups excluding tert-OH is 1. The number of hydrogen-bond donors (Lipinski definition) is 2. The number of imidazole rings is 1. The van der Waals surface area contributed by atoms with Crippen LogP contribution >= 0.6 is 0 Å². The minimum absolute atomic E-state index is 0.0644. The summed E-state index contributed by atoms with van der Waals surface area (Å²) >= 11 is 0. The third-order valence-corrected chi connectivity index (χ3v) is 4.45. The number of ketones is 1. The molecule has 0 aliphatic carbocycles. The Morgan fingerprint density at radius 2 is 2.07 bits per heavy atom. The fraction of sp³-hybridized carbons (Fsp3) is 0.286. The zero-order chi connectivity index (χ0) is 19.2. The van der Waals surface area contributed by atoms with Crippen molar-refractivity contribution >= 4 is 17.3 Å². The van der Waals surface area contributed by atoms with Gasteiger partial charge >= 0.3 is 0 Å². The molecule has 0 bridgehead atoms. The van der Waals surface area contributed by atoms with Crippen LogP contribution in [0.25, 0.3) is 5.65 Å². The smallest absolute Gasteiger partial charge is 0.251 e. The first kappa shape index (κ1) is 18.8. The van der Waals surface area contributed by atoms with E-state index in [9.17, 15) is 14.7 Å². The Labute approximate surface area is 157 Å². The molecule has 140 valence electrons. The Morgan fingerprint density at radius 1 is 1.22 bits per heavy atom. The second-order valence-electron chi connectivity index (χ2n) is 6.51. The fourth-order valence-corrected chi connectivity index (χ4v) is 3.06. The van der Waals surface area contributed by atoms with Gasteiger partial charge in [0.15, 0.2) is 5.78 Å². The average molecular weight is 365 g/mol. The van der Waals surface area contributed by atoms with Crippen molar-refractivity contribution in [3.05, 3.63) is 71.7 Å². The van der Waals surface area contributed by atoms with Gasteiger partial charge in [0.2, 0.25) is 0 Å². The van der Waals surface area contributed by atoms with E-state index in [0.29, 0.717) is 17.7 Å². The molecule has 0 aliphatic rings. The molecule has 1 atom stereocenters. The summed E-state index contributed by atoms with van der Waals surface area (Å²) in [5.41, 5.74) is 2.48. The molecule has 27 heavy (non-hydrogen) atoms. The van der Waals surface area contributed by atoms with Gasteiger partial charge in [-0.15, -0.1) is 0 Å². The zero-order valence-electron chi connectivity index (χ0n) is 15.3. The number of aliphatic hydroxyl groups is 1. The van der Waals surface area contributed by atoms with Crippen LogP contribution in [0.3, 0.4) is 0 Å². The van der Waals surface area contributed by atoms with Gasteiger partial charge < -0.3 is 10.4 Å². The van der Waals surface area contributed by atoms with E-state index in [4.69, 9.17) is 0 Å². The maximum absolute atomic E-state index is 12.7. The van der Waals surface area contributed by atoms with Gasteiger partial charge in [-0.3, -0.25) is 14.0 Å². The maximum atomic E-state index is 12.7. The molecule has 1 aromatic carbocycles. The van der Waals surface area contributed by atoms with Gasteiger partial charge in [-0.1, -0.05) is 31.5 Å². The molecule has 6 heteroatoms. The molecule has 0 radical (unpaired) electrons. The molecule has 3 rings (SSSR count). The van der Waals surface area contributed by atoms with Crippen LogP contribution in [-0.2, 0) is 6.42 Å². The number of Topliss-reactive ketones (excluding diaryl/α,β-unsaturated/α-hetero) is 1. The molecule has 1 amide bonds. The van der Waals surface area contributed by atoms with Gasteiger partial charge in [0.05, 0.1) is 18.8 Å².